The summed E-state index contributed by atoms with van der Waals surface area (Å²) in [7, 11) is 1.98. The van der Waals surface area contributed by atoms with E-state index in [1.165, 1.54) is 12.8 Å². The van der Waals surface area contributed by atoms with Gasteiger partial charge in [0, 0.05) is 6.61 Å². The number of likely N-dealkylation sites (N-methyl/N-ethyl adjacent to an activating group) is 1. The summed E-state index contributed by atoms with van der Waals surface area (Å²) in [6.45, 7) is 7.94. The van der Waals surface area contributed by atoms with Crippen LogP contribution in [0.2, 0.25) is 0 Å². The van der Waals surface area contributed by atoms with Gasteiger partial charge in [-0.3, -0.25) is 0 Å². The predicted molar refractivity (Wildman–Crippen MR) is 62.1 cm³/mol. The number of rotatable bonds is 5. The maximum absolute atomic E-state index is 5.91. The molecule has 1 rings (SSSR count). The Labute approximate surface area is 93.5 Å². The maximum Gasteiger partial charge on any atom is 0.0829 e. The molecule has 1 aliphatic heterocycles. The molecule has 0 bridgehead atoms. The molecule has 0 spiro atoms. The summed E-state index contributed by atoms with van der Waals surface area (Å²) in [5, 5.41) is 3.32. The Kier molecular flexibility index (Phi) is 5.03. The van der Waals surface area contributed by atoms with Crippen molar-refractivity contribution in [2.75, 3.05) is 20.3 Å². The van der Waals surface area contributed by atoms with Crippen LogP contribution >= 0.6 is 0 Å². The fourth-order valence-electron chi connectivity index (χ4n) is 2.08. The Bertz CT molecular complexity index is 176. The lowest BCUT2D eigenvalue weighted by Crippen LogP contribution is -2.53. The standard InChI is InChI=1S/C12H25NO2/c1-10(2)14-9-11(13-4)12(3)7-5-6-8-15-12/h10-11,13H,5-9H2,1-4H3. The second kappa shape index (κ2) is 5.83. The molecule has 2 unspecified atom stereocenters. The van der Waals surface area contributed by atoms with Crippen LogP contribution in [0.1, 0.15) is 40.0 Å². The minimum atomic E-state index is -0.0537. The Morgan fingerprint density at radius 1 is 1.40 bits per heavy atom. The number of ether oxygens (including phenoxy) is 2. The van der Waals surface area contributed by atoms with Crippen molar-refractivity contribution in [2.24, 2.45) is 0 Å². The third kappa shape index (κ3) is 3.74. The lowest BCUT2D eigenvalue weighted by atomic mass is 9.88. The van der Waals surface area contributed by atoms with Gasteiger partial charge < -0.3 is 14.8 Å². The first-order chi connectivity index (χ1) is 7.08. The first-order valence-electron chi connectivity index (χ1n) is 6.01. The summed E-state index contributed by atoms with van der Waals surface area (Å²) in [5.41, 5.74) is -0.0537. The topological polar surface area (TPSA) is 30.5 Å². The second-order valence-electron chi connectivity index (χ2n) is 4.84. The highest BCUT2D eigenvalue weighted by atomic mass is 16.5. The van der Waals surface area contributed by atoms with Crippen LogP contribution in [0.15, 0.2) is 0 Å². The zero-order valence-electron chi connectivity index (χ0n) is 10.5. The van der Waals surface area contributed by atoms with Gasteiger partial charge in [-0.1, -0.05) is 0 Å². The smallest absolute Gasteiger partial charge is 0.0829 e. The zero-order chi connectivity index (χ0) is 11.3. The summed E-state index contributed by atoms with van der Waals surface area (Å²) in [5.74, 6) is 0. The van der Waals surface area contributed by atoms with E-state index < -0.39 is 0 Å². The van der Waals surface area contributed by atoms with Crippen molar-refractivity contribution >= 4 is 0 Å². The molecule has 0 aliphatic carbocycles. The van der Waals surface area contributed by atoms with Gasteiger partial charge in [-0.05, 0) is 47.1 Å². The largest absolute Gasteiger partial charge is 0.377 e. The molecule has 1 saturated heterocycles. The molecule has 1 N–H and O–H groups in total. The summed E-state index contributed by atoms with van der Waals surface area (Å²) in [6.07, 6.45) is 3.86. The van der Waals surface area contributed by atoms with Crippen LogP contribution in [0.3, 0.4) is 0 Å². The van der Waals surface area contributed by atoms with Crippen LogP contribution in [0, 0.1) is 0 Å². The molecule has 2 atom stereocenters. The van der Waals surface area contributed by atoms with Crippen molar-refractivity contribution < 1.29 is 9.47 Å². The van der Waals surface area contributed by atoms with Crippen molar-refractivity contribution in [1.29, 1.82) is 0 Å². The Morgan fingerprint density at radius 3 is 2.60 bits per heavy atom. The van der Waals surface area contributed by atoms with E-state index in [9.17, 15) is 0 Å². The quantitative estimate of drug-likeness (QED) is 0.760. The van der Waals surface area contributed by atoms with Gasteiger partial charge in [-0.2, -0.15) is 0 Å². The molecule has 15 heavy (non-hydrogen) atoms. The SMILES string of the molecule is CNC(COC(C)C)C1(C)CCCCO1. The highest BCUT2D eigenvalue weighted by Gasteiger charge is 2.36. The summed E-state index contributed by atoms with van der Waals surface area (Å²) in [4.78, 5) is 0. The van der Waals surface area contributed by atoms with Gasteiger partial charge in [0.1, 0.15) is 0 Å². The van der Waals surface area contributed by atoms with Crippen molar-refractivity contribution in [3.63, 3.8) is 0 Å². The molecule has 1 aliphatic rings. The number of hydrogen-bond donors (Lipinski definition) is 1. The van der Waals surface area contributed by atoms with E-state index in [1.54, 1.807) is 0 Å². The molecule has 1 fully saturated rings. The molecule has 0 aromatic rings. The van der Waals surface area contributed by atoms with Gasteiger partial charge >= 0.3 is 0 Å². The highest BCUT2D eigenvalue weighted by molar-refractivity contribution is 4.90. The fourth-order valence-corrected chi connectivity index (χ4v) is 2.08. The third-order valence-electron chi connectivity index (χ3n) is 3.18. The van der Waals surface area contributed by atoms with Crippen molar-refractivity contribution in [3.8, 4) is 0 Å². The van der Waals surface area contributed by atoms with Crippen LogP contribution in [0.25, 0.3) is 0 Å². The molecular weight excluding hydrogens is 190 g/mol. The van der Waals surface area contributed by atoms with Crippen LogP contribution in [-0.4, -0.2) is 38.0 Å². The summed E-state index contributed by atoms with van der Waals surface area (Å²) in [6, 6.07) is 0.292. The van der Waals surface area contributed by atoms with Gasteiger partial charge in [-0.25, -0.2) is 0 Å². The molecule has 0 aromatic heterocycles. The van der Waals surface area contributed by atoms with E-state index in [2.05, 4.69) is 26.1 Å². The maximum atomic E-state index is 5.91. The molecular formula is C12H25NO2. The Morgan fingerprint density at radius 2 is 2.13 bits per heavy atom. The molecule has 0 amide bonds. The van der Waals surface area contributed by atoms with E-state index in [4.69, 9.17) is 9.47 Å². The van der Waals surface area contributed by atoms with Crippen LogP contribution in [-0.2, 0) is 9.47 Å². The van der Waals surface area contributed by atoms with Gasteiger partial charge in [0.2, 0.25) is 0 Å². The normalized spacial score (nSPS) is 29.4. The first-order valence-corrected chi connectivity index (χ1v) is 6.01. The summed E-state index contributed by atoms with van der Waals surface area (Å²) < 4.78 is 11.6. The van der Waals surface area contributed by atoms with Crippen LogP contribution in [0.4, 0.5) is 0 Å². The number of nitrogens with one attached hydrogen (secondary N) is 1. The molecule has 3 nitrogen and oxygen atoms in total. The predicted octanol–water partition coefficient (Wildman–Crippen LogP) is 1.96. The number of hydrogen-bond acceptors (Lipinski definition) is 3. The minimum absolute atomic E-state index is 0.0537. The van der Waals surface area contributed by atoms with Crippen molar-refractivity contribution in [2.45, 2.75) is 57.8 Å². The van der Waals surface area contributed by atoms with Crippen molar-refractivity contribution in [1.82, 2.24) is 5.32 Å². The first kappa shape index (κ1) is 12.9. The fraction of sp³-hybridized carbons (Fsp3) is 1.00. The van der Waals surface area contributed by atoms with E-state index >= 15 is 0 Å². The molecule has 0 radical (unpaired) electrons. The zero-order valence-corrected chi connectivity index (χ0v) is 10.5. The Hall–Kier alpha value is -0.120. The third-order valence-corrected chi connectivity index (χ3v) is 3.18. The molecule has 3 heteroatoms. The molecule has 0 aromatic carbocycles. The average Bonchev–Trinajstić information content (AvgIpc) is 2.19. The molecule has 0 saturated carbocycles. The lowest BCUT2D eigenvalue weighted by Gasteiger charge is -2.40. The van der Waals surface area contributed by atoms with Crippen LogP contribution in [0.5, 0.6) is 0 Å². The average molecular weight is 215 g/mol. The highest BCUT2D eigenvalue weighted by Crippen LogP contribution is 2.28. The molecule has 90 valence electrons. The minimum Gasteiger partial charge on any atom is -0.377 e. The van der Waals surface area contributed by atoms with Crippen molar-refractivity contribution in [3.05, 3.63) is 0 Å². The monoisotopic (exact) mass is 215 g/mol. The van der Waals surface area contributed by atoms with Gasteiger partial charge in [-0.15, -0.1) is 0 Å². The van der Waals surface area contributed by atoms with E-state index in [0.29, 0.717) is 6.04 Å². The molecule has 1 heterocycles. The van der Waals surface area contributed by atoms with Gasteiger partial charge in [0.25, 0.3) is 0 Å². The van der Waals surface area contributed by atoms with Gasteiger partial charge in [0.05, 0.1) is 24.4 Å². The van der Waals surface area contributed by atoms with E-state index in [1.807, 2.05) is 7.05 Å². The second-order valence-corrected chi connectivity index (χ2v) is 4.84. The lowest BCUT2D eigenvalue weighted by molar-refractivity contribution is -0.106. The van der Waals surface area contributed by atoms with E-state index in [0.717, 1.165) is 19.6 Å². The van der Waals surface area contributed by atoms with Crippen LogP contribution < -0.4 is 5.32 Å². The van der Waals surface area contributed by atoms with E-state index in [-0.39, 0.29) is 11.7 Å². The summed E-state index contributed by atoms with van der Waals surface area (Å²) >= 11 is 0. The Balaban J connectivity index is 2.47. The van der Waals surface area contributed by atoms with Gasteiger partial charge in [0.15, 0.2) is 0 Å².